The molecule has 1 heterocycles. The zero-order chi connectivity index (χ0) is 17.5. The van der Waals surface area contributed by atoms with Crippen molar-refractivity contribution in [2.24, 2.45) is 11.8 Å². The number of amides is 1. The molecular formula is C18H36N2O3. The number of hydrogen-bond acceptors (Lipinski definition) is 4. The number of likely N-dealkylation sites (tertiary alicyclic amines) is 1. The first-order valence-corrected chi connectivity index (χ1v) is 9.02. The Labute approximate surface area is 142 Å². The SMILES string of the molecule is CCOCC(NCC1CCCN(C(=O)OC(C)(C)C)C1)C(C)C. The third-order valence-electron chi connectivity index (χ3n) is 4.15. The molecule has 0 aromatic carbocycles. The number of nitrogens with zero attached hydrogens (tertiary/aromatic N) is 1. The average Bonchev–Trinajstić information content (AvgIpc) is 2.45. The second-order valence-corrected chi connectivity index (χ2v) is 7.85. The molecule has 136 valence electrons. The Bertz CT molecular complexity index is 353. The minimum Gasteiger partial charge on any atom is -0.444 e. The molecule has 1 aliphatic heterocycles. The molecular weight excluding hydrogens is 292 g/mol. The van der Waals surface area contributed by atoms with E-state index in [0.29, 0.717) is 17.9 Å². The van der Waals surface area contributed by atoms with Crippen molar-refractivity contribution in [2.45, 2.75) is 66.0 Å². The maximum absolute atomic E-state index is 12.2. The highest BCUT2D eigenvalue weighted by atomic mass is 16.6. The quantitative estimate of drug-likeness (QED) is 0.779. The molecule has 0 aliphatic carbocycles. The number of ether oxygens (including phenoxy) is 2. The van der Waals surface area contributed by atoms with Gasteiger partial charge in [0.1, 0.15) is 5.60 Å². The van der Waals surface area contributed by atoms with Crippen LogP contribution in [0.15, 0.2) is 0 Å². The summed E-state index contributed by atoms with van der Waals surface area (Å²) in [5.74, 6) is 1.02. The van der Waals surface area contributed by atoms with Crippen LogP contribution >= 0.6 is 0 Å². The largest absolute Gasteiger partial charge is 0.444 e. The third kappa shape index (κ3) is 8.02. The van der Waals surface area contributed by atoms with Crippen LogP contribution in [0, 0.1) is 11.8 Å². The smallest absolute Gasteiger partial charge is 0.410 e. The number of piperidine rings is 1. The Morgan fingerprint density at radius 1 is 1.35 bits per heavy atom. The highest BCUT2D eigenvalue weighted by Gasteiger charge is 2.28. The molecule has 2 atom stereocenters. The van der Waals surface area contributed by atoms with Crippen LogP contribution < -0.4 is 5.32 Å². The van der Waals surface area contributed by atoms with Gasteiger partial charge in [-0.1, -0.05) is 13.8 Å². The van der Waals surface area contributed by atoms with E-state index in [-0.39, 0.29) is 6.09 Å². The first kappa shape index (κ1) is 20.2. The molecule has 1 rings (SSSR count). The highest BCUT2D eigenvalue weighted by molar-refractivity contribution is 5.68. The summed E-state index contributed by atoms with van der Waals surface area (Å²) in [7, 11) is 0. The molecule has 23 heavy (non-hydrogen) atoms. The monoisotopic (exact) mass is 328 g/mol. The summed E-state index contributed by atoms with van der Waals surface area (Å²) in [6, 6.07) is 0.367. The molecule has 1 fully saturated rings. The normalized spacial score (nSPS) is 20.7. The van der Waals surface area contributed by atoms with Crippen molar-refractivity contribution in [1.82, 2.24) is 10.2 Å². The number of hydrogen-bond donors (Lipinski definition) is 1. The van der Waals surface area contributed by atoms with Gasteiger partial charge in [0, 0.05) is 32.3 Å². The zero-order valence-electron chi connectivity index (χ0n) is 15.9. The highest BCUT2D eigenvalue weighted by Crippen LogP contribution is 2.19. The first-order valence-electron chi connectivity index (χ1n) is 9.02. The topological polar surface area (TPSA) is 50.8 Å². The van der Waals surface area contributed by atoms with Gasteiger partial charge in [-0.15, -0.1) is 0 Å². The van der Waals surface area contributed by atoms with Crippen LogP contribution in [0.3, 0.4) is 0 Å². The standard InChI is InChI=1S/C18H36N2O3/c1-7-22-13-16(14(2)3)19-11-15-9-8-10-20(12-15)17(21)23-18(4,5)6/h14-16,19H,7-13H2,1-6H3. The Balaban J connectivity index is 2.44. The van der Waals surface area contributed by atoms with E-state index >= 15 is 0 Å². The molecule has 2 unspecified atom stereocenters. The van der Waals surface area contributed by atoms with Crippen molar-refractivity contribution in [3.05, 3.63) is 0 Å². The van der Waals surface area contributed by atoms with Gasteiger partial charge in [0.2, 0.25) is 0 Å². The molecule has 0 radical (unpaired) electrons. The fourth-order valence-corrected chi connectivity index (χ4v) is 2.77. The first-order chi connectivity index (χ1) is 10.7. The molecule has 1 amide bonds. The van der Waals surface area contributed by atoms with E-state index in [9.17, 15) is 4.79 Å². The lowest BCUT2D eigenvalue weighted by molar-refractivity contribution is 0.0161. The summed E-state index contributed by atoms with van der Waals surface area (Å²) < 4.78 is 11.1. The summed E-state index contributed by atoms with van der Waals surface area (Å²) >= 11 is 0. The van der Waals surface area contributed by atoms with Crippen LogP contribution in [0.25, 0.3) is 0 Å². The van der Waals surface area contributed by atoms with Crippen molar-refractivity contribution in [2.75, 3.05) is 32.8 Å². The van der Waals surface area contributed by atoms with Crippen LogP contribution in [-0.2, 0) is 9.47 Å². The summed E-state index contributed by atoms with van der Waals surface area (Å²) in [6.45, 7) is 16.2. The number of carbonyl (C=O) groups excluding carboxylic acids is 1. The van der Waals surface area contributed by atoms with Crippen LogP contribution in [0.4, 0.5) is 4.79 Å². The van der Waals surface area contributed by atoms with Gasteiger partial charge in [0.05, 0.1) is 6.61 Å². The van der Waals surface area contributed by atoms with Gasteiger partial charge in [-0.25, -0.2) is 4.79 Å². The van der Waals surface area contributed by atoms with E-state index < -0.39 is 5.60 Å². The molecule has 1 aliphatic rings. The predicted octanol–water partition coefficient (Wildman–Crippen LogP) is 3.28. The third-order valence-corrected chi connectivity index (χ3v) is 4.15. The Morgan fingerprint density at radius 3 is 2.61 bits per heavy atom. The van der Waals surface area contributed by atoms with E-state index in [1.54, 1.807) is 0 Å². The van der Waals surface area contributed by atoms with E-state index in [4.69, 9.17) is 9.47 Å². The molecule has 5 heteroatoms. The van der Waals surface area contributed by atoms with Gasteiger partial charge < -0.3 is 19.7 Å². The molecule has 0 saturated carbocycles. The van der Waals surface area contributed by atoms with Crippen LogP contribution in [-0.4, -0.2) is 55.5 Å². The average molecular weight is 328 g/mol. The van der Waals surface area contributed by atoms with E-state index in [2.05, 4.69) is 19.2 Å². The van der Waals surface area contributed by atoms with Crippen LogP contribution in [0.5, 0.6) is 0 Å². The second-order valence-electron chi connectivity index (χ2n) is 7.85. The molecule has 1 saturated heterocycles. The lowest BCUT2D eigenvalue weighted by atomic mass is 9.97. The van der Waals surface area contributed by atoms with Gasteiger partial charge in [-0.3, -0.25) is 0 Å². The number of carbonyl (C=O) groups is 1. The molecule has 0 aromatic heterocycles. The fourth-order valence-electron chi connectivity index (χ4n) is 2.77. The lowest BCUT2D eigenvalue weighted by Gasteiger charge is -2.35. The van der Waals surface area contributed by atoms with Gasteiger partial charge in [-0.05, 0) is 52.4 Å². The number of nitrogens with one attached hydrogen (secondary N) is 1. The van der Waals surface area contributed by atoms with Gasteiger partial charge in [0.25, 0.3) is 0 Å². The molecule has 1 N–H and O–H groups in total. The van der Waals surface area contributed by atoms with E-state index in [0.717, 1.165) is 45.7 Å². The minimum absolute atomic E-state index is 0.183. The number of rotatable bonds is 7. The second kappa shape index (κ2) is 9.48. The fraction of sp³-hybridized carbons (Fsp3) is 0.944. The van der Waals surface area contributed by atoms with Gasteiger partial charge in [-0.2, -0.15) is 0 Å². The van der Waals surface area contributed by atoms with Crippen LogP contribution in [0.1, 0.15) is 54.4 Å². The van der Waals surface area contributed by atoms with Crippen molar-refractivity contribution in [3.8, 4) is 0 Å². The summed E-state index contributed by atoms with van der Waals surface area (Å²) in [5, 5.41) is 3.63. The van der Waals surface area contributed by atoms with E-state index in [1.807, 2.05) is 32.6 Å². The Kier molecular flexibility index (Phi) is 8.34. The molecule has 0 aromatic rings. The maximum Gasteiger partial charge on any atom is 0.410 e. The zero-order valence-corrected chi connectivity index (χ0v) is 15.9. The molecule has 0 spiro atoms. The minimum atomic E-state index is -0.428. The van der Waals surface area contributed by atoms with Crippen molar-refractivity contribution in [1.29, 1.82) is 0 Å². The van der Waals surface area contributed by atoms with Gasteiger partial charge in [0.15, 0.2) is 0 Å². The van der Waals surface area contributed by atoms with E-state index in [1.165, 1.54) is 0 Å². The molecule has 0 bridgehead atoms. The Morgan fingerprint density at radius 2 is 2.04 bits per heavy atom. The Hall–Kier alpha value is -0.810. The lowest BCUT2D eigenvalue weighted by Crippen LogP contribution is -2.47. The van der Waals surface area contributed by atoms with Crippen molar-refractivity contribution >= 4 is 6.09 Å². The summed E-state index contributed by atoms with van der Waals surface area (Å²) in [4.78, 5) is 14.1. The van der Waals surface area contributed by atoms with Crippen LogP contribution in [0.2, 0.25) is 0 Å². The summed E-state index contributed by atoms with van der Waals surface area (Å²) in [6.07, 6.45) is 2.02. The summed E-state index contributed by atoms with van der Waals surface area (Å²) in [5.41, 5.74) is -0.428. The molecule has 5 nitrogen and oxygen atoms in total. The predicted molar refractivity (Wildman–Crippen MR) is 93.7 cm³/mol. The maximum atomic E-state index is 12.2. The van der Waals surface area contributed by atoms with Gasteiger partial charge >= 0.3 is 6.09 Å². The van der Waals surface area contributed by atoms with Crippen molar-refractivity contribution in [3.63, 3.8) is 0 Å². The van der Waals surface area contributed by atoms with Crippen molar-refractivity contribution < 1.29 is 14.3 Å².